The number of allylic oxidation sites excluding steroid dienone is 1. The van der Waals surface area contributed by atoms with Crippen LogP contribution in [0.25, 0.3) is 16.9 Å². The molecule has 0 amide bonds. The molecule has 1 fully saturated rings. The van der Waals surface area contributed by atoms with Gasteiger partial charge in [0, 0.05) is 18.9 Å². The minimum Gasteiger partial charge on any atom is -0.336 e. The Morgan fingerprint density at radius 3 is 2.83 bits per heavy atom. The number of rotatable bonds is 5. The highest BCUT2D eigenvalue weighted by molar-refractivity contribution is 5.72. The Kier molecular flexibility index (Phi) is 3.70. The summed E-state index contributed by atoms with van der Waals surface area (Å²) >= 11 is 0. The highest BCUT2D eigenvalue weighted by atomic mass is 16.1. The molecule has 0 aliphatic heterocycles. The number of H-pyrrole nitrogens is 1. The largest absolute Gasteiger partial charge is 0.336 e. The molecule has 0 radical (unpaired) electrons. The predicted octanol–water partition coefficient (Wildman–Crippen LogP) is 2.56. The number of imidazole rings is 1. The van der Waals surface area contributed by atoms with Gasteiger partial charge in [-0.05, 0) is 19.3 Å². The number of nitrogens with zero attached hydrogens (tertiary/aromatic N) is 5. The first-order chi connectivity index (χ1) is 11.7. The second kappa shape index (κ2) is 5.89. The third-order valence-electron chi connectivity index (χ3n) is 4.85. The summed E-state index contributed by atoms with van der Waals surface area (Å²) in [6, 6.07) is 0. The summed E-state index contributed by atoms with van der Waals surface area (Å²) in [4.78, 5) is 25.3. The van der Waals surface area contributed by atoms with Crippen molar-refractivity contribution in [3.63, 3.8) is 0 Å². The quantitative estimate of drug-likeness (QED) is 0.731. The van der Waals surface area contributed by atoms with E-state index >= 15 is 0 Å². The van der Waals surface area contributed by atoms with Gasteiger partial charge in [0.15, 0.2) is 17.0 Å². The molecule has 0 bridgehead atoms. The van der Waals surface area contributed by atoms with Crippen molar-refractivity contribution < 1.29 is 0 Å². The summed E-state index contributed by atoms with van der Waals surface area (Å²) in [6.45, 7) is 6.31. The second-order valence-electron chi connectivity index (χ2n) is 6.43. The highest BCUT2D eigenvalue weighted by Crippen LogP contribution is 2.32. The number of aryl methyl sites for hydroxylation is 2. The SMILES string of the molecule is C=CCCn1c(=O)c2[nH]c(CC)nc2n2nc(C3CCCC3)nc12. The number of nitrogens with one attached hydrogen (secondary N) is 1. The van der Waals surface area contributed by atoms with Crippen molar-refractivity contribution in [2.45, 2.75) is 57.9 Å². The van der Waals surface area contributed by atoms with Crippen molar-refractivity contribution in [1.29, 1.82) is 0 Å². The van der Waals surface area contributed by atoms with E-state index < -0.39 is 0 Å². The molecule has 24 heavy (non-hydrogen) atoms. The zero-order valence-electron chi connectivity index (χ0n) is 14.0. The third kappa shape index (κ3) is 2.26. The normalized spacial score (nSPS) is 15.7. The standard InChI is InChI=1S/C17H22N6O/c1-3-5-10-22-16(24)13-15(19-12(4-2)18-13)23-17(22)20-14(21-23)11-8-6-7-9-11/h3,11H,1,4-10H2,2H3,(H,18,19). The van der Waals surface area contributed by atoms with Crippen molar-refractivity contribution in [3.05, 3.63) is 34.7 Å². The van der Waals surface area contributed by atoms with Gasteiger partial charge in [-0.1, -0.05) is 25.8 Å². The molecule has 0 spiro atoms. The van der Waals surface area contributed by atoms with Crippen molar-refractivity contribution in [3.8, 4) is 0 Å². The van der Waals surface area contributed by atoms with Gasteiger partial charge in [0.05, 0.1) is 0 Å². The second-order valence-corrected chi connectivity index (χ2v) is 6.43. The van der Waals surface area contributed by atoms with Crippen molar-refractivity contribution in [1.82, 2.24) is 29.1 Å². The van der Waals surface area contributed by atoms with Crippen LogP contribution in [0.1, 0.15) is 56.6 Å². The lowest BCUT2D eigenvalue weighted by Crippen LogP contribution is -2.23. The summed E-state index contributed by atoms with van der Waals surface area (Å²) in [5.74, 6) is 2.62. The van der Waals surface area contributed by atoms with Crippen LogP contribution >= 0.6 is 0 Å². The molecule has 3 aromatic rings. The summed E-state index contributed by atoms with van der Waals surface area (Å²) in [5, 5.41) is 4.72. The average molecular weight is 326 g/mol. The molecule has 1 saturated carbocycles. The van der Waals surface area contributed by atoms with Crippen LogP contribution in [-0.4, -0.2) is 29.1 Å². The van der Waals surface area contributed by atoms with Gasteiger partial charge in [-0.15, -0.1) is 11.7 Å². The fraction of sp³-hybridized carbons (Fsp3) is 0.529. The van der Waals surface area contributed by atoms with Crippen molar-refractivity contribution in [2.24, 2.45) is 0 Å². The minimum atomic E-state index is -0.0862. The van der Waals surface area contributed by atoms with E-state index in [2.05, 4.69) is 16.5 Å². The van der Waals surface area contributed by atoms with Gasteiger partial charge in [0.1, 0.15) is 5.82 Å². The van der Waals surface area contributed by atoms with E-state index in [-0.39, 0.29) is 5.56 Å². The molecule has 7 heteroatoms. The van der Waals surface area contributed by atoms with E-state index in [0.717, 1.165) is 30.9 Å². The van der Waals surface area contributed by atoms with Gasteiger partial charge in [-0.2, -0.15) is 9.50 Å². The van der Waals surface area contributed by atoms with Gasteiger partial charge < -0.3 is 4.98 Å². The van der Waals surface area contributed by atoms with Crippen LogP contribution in [0.2, 0.25) is 0 Å². The maximum atomic E-state index is 12.9. The summed E-state index contributed by atoms with van der Waals surface area (Å²) in [5.41, 5.74) is 1.00. The van der Waals surface area contributed by atoms with Crippen LogP contribution in [0.4, 0.5) is 0 Å². The van der Waals surface area contributed by atoms with Crippen molar-refractivity contribution >= 4 is 16.9 Å². The molecule has 3 aromatic heterocycles. The smallest absolute Gasteiger partial charge is 0.281 e. The number of aromatic nitrogens is 6. The fourth-order valence-electron chi connectivity index (χ4n) is 3.52. The number of fused-ring (bicyclic) bond motifs is 3. The van der Waals surface area contributed by atoms with E-state index in [1.807, 2.05) is 13.0 Å². The Labute approximate surface area is 139 Å². The maximum absolute atomic E-state index is 12.9. The van der Waals surface area contributed by atoms with Gasteiger partial charge >= 0.3 is 0 Å². The van der Waals surface area contributed by atoms with E-state index in [0.29, 0.717) is 35.8 Å². The number of hydrogen-bond donors (Lipinski definition) is 1. The molecule has 0 aromatic carbocycles. The monoisotopic (exact) mass is 326 g/mol. The Bertz CT molecular complexity index is 957. The zero-order chi connectivity index (χ0) is 16.7. The summed E-state index contributed by atoms with van der Waals surface area (Å²) in [7, 11) is 0. The fourth-order valence-corrected chi connectivity index (χ4v) is 3.52. The first kappa shape index (κ1) is 15.1. The van der Waals surface area contributed by atoms with Crippen LogP contribution < -0.4 is 5.56 Å². The van der Waals surface area contributed by atoms with E-state index in [1.54, 1.807) is 9.08 Å². The molecule has 0 saturated heterocycles. The topological polar surface area (TPSA) is 80.9 Å². The molecule has 0 unspecified atom stereocenters. The van der Waals surface area contributed by atoms with E-state index in [9.17, 15) is 4.79 Å². The van der Waals surface area contributed by atoms with Crippen LogP contribution in [0.3, 0.4) is 0 Å². The summed E-state index contributed by atoms with van der Waals surface area (Å²) in [6.07, 6.45) is 7.96. The lowest BCUT2D eigenvalue weighted by atomic mass is 10.1. The molecule has 7 nitrogen and oxygen atoms in total. The zero-order valence-corrected chi connectivity index (χ0v) is 14.0. The molecule has 126 valence electrons. The molecule has 4 rings (SSSR count). The molecular formula is C17H22N6O. The Morgan fingerprint density at radius 2 is 2.12 bits per heavy atom. The predicted molar refractivity (Wildman–Crippen MR) is 92.3 cm³/mol. The Balaban J connectivity index is 1.99. The highest BCUT2D eigenvalue weighted by Gasteiger charge is 2.24. The van der Waals surface area contributed by atoms with Crippen LogP contribution in [0, 0.1) is 0 Å². The molecule has 0 atom stereocenters. The lowest BCUT2D eigenvalue weighted by molar-refractivity contribution is 0.667. The first-order valence-corrected chi connectivity index (χ1v) is 8.72. The van der Waals surface area contributed by atoms with Gasteiger partial charge in [-0.25, -0.2) is 4.98 Å². The molecule has 1 N–H and O–H groups in total. The average Bonchev–Trinajstić information content (AvgIpc) is 3.31. The lowest BCUT2D eigenvalue weighted by Gasteiger charge is -2.05. The molecule has 3 heterocycles. The minimum absolute atomic E-state index is 0.0862. The van der Waals surface area contributed by atoms with Crippen LogP contribution in [-0.2, 0) is 13.0 Å². The van der Waals surface area contributed by atoms with Crippen LogP contribution in [0.5, 0.6) is 0 Å². The molecule has 1 aliphatic carbocycles. The van der Waals surface area contributed by atoms with Gasteiger partial charge in [-0.3, -0.25) is 9.36 Å². The van der Waals surface area contributed by atoms with Gasteiger partial charge in [0.25, 0.3) is 5.56 Å². The van der Waals surface area contributed by atoms with Crippen molar-refractivity contribution in [2.75, 3.05) is 0 Å². The maximum Gasteiger partial charge on any atom is 0.281 e. The summed E-state index contributed by atoms with van der Waals surface area (Å²) < 4.78 is 3.43. The van der Waals surface area contributed by atoms with E-state index in [1.165, 1.54) is 12.8 Å². The van der Waals surface area contributed by atoms with Crippen LogP contribution in [0.15, 0.2) is 17.4 Å². The number of hydrogen-bond acceptors (Lipinski definition) is 4. The molecular weight excluding hydrogens is 304 g/mol. The van der Waals surface area contributed by atoms with Gasteiger partial charge in [0.2, 0.25) is 5.78 Å². The third-order valence-corrected chi connectivity index (χ3v) is 4.85. The Hall–Kier alpha value is -2.44. The first-order valence-electron chi connectivity index (χ1n) is 8.72. The van der Waals surface area contributed by atoms with E-state index in [4.69, 9.17) is 10.1 Å². The Morgan fingerprint density at radius 1 is 1.33 bits per heavy atom. The number of aromatic amines is 1. The molecule has 1 aliphatic rings.